The van der Waals surface area contributed by atoms with Crippen LogP contribution in [-0.4, -0.2) is 43.9 Å². The van der Waals surface area contributed by atoms with Crippen LogP contribution >= 0.6 is 11.7 Å². The summed E-state index contributed by atoms with van der Waals surface area (Å²) in [7, 11) is 0. The zero-order valence-electron chi connectivity index (χ0n) is 12.8. The predicted molar refractivity (Wildman–Crippen MR) is 91.1 cm³/mol. The van der Waals surface area contributed by atoms with Gasteiger partial charge in [0.2, 0.25) is 0 Å². The Kier molecular flexibility index (Phi) is 2.78. The number of benzene rings is 1. The molecule has 23 heavy (non-hydrogen) atoms. The van der Waals surface area contributed by atoms with Gasteiger partial charge in [-0.1, -0.05) is 18.2 Å². The fourth-order valence-electron chi connectivity index (χ4n) is 3.93. The van der Waals surface area contributed by atoms with Crippen molar-refractivity contribution in [3.05, 3.63) is 36.2 Å². The maximum Gasteiger partial charge on any atom is 0.198 e. The summed E-state index contributed by atoms with van der Waals surface area (Å²) in [5.41, 5.74) is 4.26. The number of nitrogens with zero attached hydrogens (tertiary/aromatic N) is 6. The van der Waals surface area contributed by atoms with Gasteiger partial charge in [0.1, 0.15) is 6.33 Å². The van der Waals surface area contributed by atoms with Crippen molar-refractivity contribution in [2.24, 2.45) is 0 Å². The Bertz CT molecular complexity index is 878. The monoisotopic (exact) mass is 324 g/mol. The lowest BCUT2D eigenvalue weighted by molar-refractivity contribution is 0.641. The number of aryl methyl sites for hydroxylation is 1. The van der Waals surface area contributed by atoms with Crippen molar-refractivity contribution < 1.29 is 0 Å². The molecule has 0 aliphatic carbocycles. The number of hydrogen-bond acceptors (Lipinski definition) is 7. The second kappa shape index (κ2) is 4.86. The third-order valence-corrected chi connectivity index (χ3v) is 5.50. The Balaban J connectivity index is 1.47. The van der Waals surface area contributed by atoms with E-state index in [-0.39, 0.29) is 0 Å². The van der Waals surface area contributed by atoms with Crippen molar-refractivity contribution in [1.29, 1.82) is 0 Å². The average Bonchev–Trinajstić information content (AvgIpc) is 3.29. The van der Waals surface area contributed by atoms with Crippen molar-refractivity contribution >= 4 is 34.4 Å². The Morgan fingerprint density at radius 1 is 1.04 bits per heavy atom. The van der Waals surface area contributed by atoms with Crippen LogP contribution in [0.1, 0.15) is 12.0 Å². The molecule has 3 aromatic rings. The molecule has 5 rings (SSSR count). The molecule has 116 valence electrons. The summed E-state index contributed by atoms with van der Waals surface area (Å²) >= 11 is 1.21. The Morgan fingerprint density at radius 2 is 1.87 bits per heavy atom. The second-order valence-electron chi connectivity index (χ2n) is 6.27. The summed E-state index contributed by atoms with van der Waals surface area (Å²) in [5, 5.41) is 0. The summed E-state index contributed by atoms with van der Waals surface area (Å²) < 4.78 is 8.62. The van der Waals surface area contributed by atoms with Gasteiger partial charge in [-0.25, -0.2) is 9.97 Å². The first-order valence-corrected chi connectivity index (χ1v) is 8.56. The van der Waals surface area contributed by atoms with E-state index in [0.29, 0.717) is 17.7 Å². The van der Waals surface area contributed by atoms with E-state index < -0.39 is 0 Å². The van der Waals surface area contributed by atoms with Crippen molar-refractivity contribution in [2.75, 3.05) is 22.9 Å². The highest BCUT2D eigenvalue weighted by Crippen LogP contribution is 2.38. The van der Waals surface area contributed by atoms with Gasteiger partial charge in [0.25, 0.3) is 0 Å². The van der Waals surface area contributed by atoms with E-state index >= 15 is 0 Å². The summed E-state index contributed by atoms with van der Waals surface area (Å²) in [6, 6.07) is 9.67. The predicted octanol–water partition coefficient (Wildman–Crippen LogP) is 2.26. The standard InChI is InChI=1S/C16H16N6S/c1-10-4-2-3-5-13(10)21-7-12-6-11(21)8-22(12)16-14-15(17-9-18-16)20-23-19-14/h2-5,9,11-12H,6-8H2,1H3/t11-,12+/m0/s1. The molecule has 2 aromatic heterocycles. The van der Waals surface area contributed by atoms with Crippen LogP contribution in [0.4, 0.5) is 11.5 Å². The molecule has 2 bridgehead atoms. The lowest BCUT2D eigenvalue weighted by Gasteiger charge is -2.36. The molecule has 2 atom stereocenters. The smallest absolute Gasteiger partial charge is 0.198 e. The van der Waals surface area contributed by atoms with Crippen LogP contribution in [0, 0.1) is 6.92 Å². The summed E-state index contributed by atoms with van der Waals surface area (Å²) in [4.78, 5) is 13.6. The minimum Gasteiger partial charge on any atom is -0.364 e. The van der Waals surface area contributed by atoms with Crippen LogP contribution in [0.3, 0.4) is 0 Å². The fourth-order valence-corrected chi connectivity index (χ4v) is 4.42. The second-order valence-corrected chi connectivity index (χ2v) is 6.80. The number of para-hydroxylation sites is 1. The van der Waals surface area contributed by atoms with Gasteiger partial charge in [-0.3, -0.25) is 0 Å². The Hall–Kier alpha value is -2.28. The lowest BCUT2D eigenvalue weighted by Crippen LogP contribution is -2.47. The molecule has 6 nitrogen and oxygen atoms in total. The molecule has 2 saturated heterocycles. The number of piperazine rings is 1. The molecule has 0 saturated carbocycles. The third-order valence-electron chi connectivity index (χ3n) is 4.98. The van der Waals surface area contributed by atoms with Gasteiger partial charge >= 0.3 is 0 Å². The number of anilines is 2. The number of rotatable bonds is 2. The summed E-state index contributed by atoms with van der Waals surface area (Å²) in [5.74, 6) is 0.945. The van der Waals surface area contributed by atoms with Crippen molar-refractivity contribution in [1.82, 2.24) is 18.7 Å². The normalized spacial score (nSPS) is 23.2. The molecule has 0 N–H and O–H groups in total. The zero-order valence-corrected chi connectivity index (χ0v) is 13.6. The third kappa shape index (κ3) is 1.92. The number of aromatic nitrogens is 4. The van der Waals surface area contributed by atoms with Gasteiger partial charge in [-0.2, -0.15) is 8.75 Å². The van der Waals surface area contributed by atoms with Crippen molar-refractivity contribution in [2.45, 2.75) is 25.4 Å². The van der Waals surface area contributed by atoms with E-state index in [1.807, 2.05) is 0 Å². The summed E-state index contributed by atoms with van der Waals surface area (Å²) in [6.45, 7) is 4.22. The van der Waals surface area contributed by atoms with Crippen molar-refractivity contribution in [3.8, 4) is 0 Å². The molecule has 1 aromatic carbocycles. The fraction of sp³-hybridized carbons (Fsp3) is 0.375. The Morgan fingerprint density at radius 3 is 2.70 bits per heavy atom. The maximum absolute atomic E-state index is 4.50. The first kappa shape index (κ1) is 13.2. The minimum atomic E-state index is 0.486. The van der Waals surface area contributed by atoms with E-state index in [2.05, 4.69) is 59.7 Å². The molecule has 0 spiro atoms. The summed E-state index contributed by atoms with van der Waals surface area (Å²) in [6.07, 6.45) is 2.78. The highest BCUT2D eigenvalue weighted by molar-refractivity contribution is 7.00. The molecule has 7 heteroatoms. The van der Waals surface area contributed by atoms with Crippen LogP contribution in [0.15, 0.2) is 30.6 Å². The van der Waals surface area contributed by atoms with Crippen LogP contribution in [0.25, 0.3) is 11.2 Å². The van der Waals surface area contributed by atoms with Crippen molar-refractivity contribution in [3.63, 3.8) is 0 Å². The van der Waals surface area contributed by atoms with Crippen LogP contribution in [-0.2, 0) is 0 Å². The molecule has 0 radical (unpaired) electrons. The first-order chi connectivity index (χ1) is 11.3. The van der Waals surface area contributed by atoms with Gasteiger partial charge in [0, 0.05) is 24.8 Å². The zero-order chi connectivity index (χ0) is 15.4. The van der Waals surface area contributed by atoms with E-state index in [0.717, 1.165) is 24.4 Å². The van der Waals surface area contributed by atoms with E-state index in [4.69, 9.17) is 0 Å². The molecule has 2 aliphatic rings. The largest absolute Gasteiger partial charge is 0.364 e. The van der Waals surface area contributed by atoms with E-state index in [1.165, 1.54) is 29.4 Å². The van der Waals surface area contributed by atoms with Gasteiger partial charge in [-0.15, -0.1) is 0 Å². The molecule has 4 heterocycles. The van der Waals surface area contributed by atoms with E-state index in [9.17, 15) is 0 Å². The molecular weight excluding hydrogens is 308 g/mol. The van der Waals surface area contributed by atoms with E-state index in [1.54, 1.807) is 6.33 Å². The topological polar surface area (TPSA) is 58.0 Å². The molecule has 0 amide bonds. The number of hydrogen-bond donors (Lipinski definition) is 0. The average molecular weight is 324 g/mol. The quantitative estimate of drug-likeness (QED) is 0.721. The SMILES string of the molecule is Cc1ccccc1N1C[C@H]2C[C@H]1CN2c1ncnc2nsnc12. The Labute approximate surface area is 138 Å². The van der Waals surface area contributed by atoms with Crippen LogP contribution in [0.5, 0.6) is 0 Å². The van der Waals surface area contributed by atoms with Gasteiger partial charge in [0.05, 0.1) is 17.8 Å². The van der Waals surface area contributed by atoms with Gasteiger partial charge < -0.3 is 9.80 Å². The number of fused-ring (bicyclic) bond motifs is 3. The molecule has 2 aliphatic heterocycles. The molecular formula is C16H16N6S. The van der Waals surface area contributed by atoms with Gasteiger partial charge in [0.15, 0.2) is 17.0 Å². The van der Waals surface area contributed by atoms with Gasteiger partial charge in [-0.05, 0) is 25.0 Å². The van der Waals surface area contributed by atoms with Crippen LogP contribution < -0.4 is 9.80 Å². The maximum atomic E-state index is 4.50. The first-order valence-electron chi connectivity index (χ1n) is 7.83. The lowest BCUT2D eigenvalue weighted by atomic mass is 10.1. The van der Waals surface area contributed by atoms with Crippen LogP contribution in [0.2, 0.25) is 0 Å². The highest BCUT2D eigenvalue weighted by atomic mass is 32.1. The molecule has 0 unspecified atom stereocenters. The highest BCUT2D eigenvalue weighted by Gasteiger charge is 2.44. The molecule has 2 fully saturated rings. The minimum absolute atomic E-state index is 0.486.